The lowest BCUT2D eigenvalue weighted by Crippen LogP contribution is -2.82. The summed E-state index contributed by atoms with van der Waals surface area (Å²) in [6.45, 7) is 9.64. The van der Waals surface area contributed by atoms with Crippen LogP contribution in [0.3, 0.4) is 0 Å². The van der Waals surface area contributed by atoms with E-state index >= 15 is 4.79 Å². The number of ketones is 1. The van der Waals surface area contributed by atoms with Gasteiger partial charge in [0.2, 0.25) is 0 Å². The van der Waals surface area contributed by atoms with E-state index in [4.69, 9.17) is 33.2 Å². The molecule has 0 aromatic heterocycles. The third-order valence-corrected chi connectivity index (χ3v) is 12.2. The molecule has 2 bridgehead atoms. The minimum atomic E-state index is -5.48. The van der Waals surface area contributed by atoms with E-state index in [1.165, 1.54) is 59.8 Å². The Morgan fingerprint density at radius 2 is 1.67 bits per heavy atom. The van der Waals surface area contributed by atoms with E-state index in [1.807, 2.05) is 0 Å². The maximum absolute atomic E-state index is 15.3. The third kappa shape index (κ3) is 8.28. The first-order chi connectivity index (χ1) is 28.0. The van der Waals surface area contributed by atoms with Gasteiger partial charge in [-0.15, -0.1) is 0 Å². The number of hydrogen-bond donors (Lipinski definition) is 4. The Morgan fingerprint density at radius 3 is 2.20 bits per heavy atom. The highest BCUT2D eigenvalue weighted by atomic mass is 19.4. The standard InChI is InChI=1S/C40H49F4NO16/c1-17-21(57-32(51)25(48)28(40(42,43)44)45-33(52)61-35(3,4)5)15-39(54)30(59-31(50)19-11-10-12-20(41)13-19)27-37(8,22(47)14-23-38(27,16-56-23)60-18(2)46)29(49)26(58-34(53)55-9)24(17)36(39,6)7/h10-13,21-23,25-28,30,47-48,54H,14-16H2,1-9H3,(H,45,52)/t21-,22-,23+,25+,26+,27-,28+,30-,37+,38-,39+/m0/s1. The van der Waals surface area contributed by atoms with Crippen molar-refractivity contribution in [2.45, 2.75) is 134 Å². The average Bonchev–Trinajstić information content (AvgIpc) is 3.13. The molecule has 4 aliphatic rings. The van der Waals surface area contributed by atoms with Crippen LogP contribution in [-0.4, -0.2) is 131 Å². The second-order valence-corrected chi connectivity index (χ2v) is 17.4. The maximum atomic E-state index is 15.3. The molecule has 0 radical (unpaired) electrons. The van der Waals surface area contributed by atoms with Crippen molar-refractivity contribution in [2.24, 2.45) is 16.7 Å². The normalized spacial score (nSPS) is 32.8. The molecule has 3 fully saturated rings. The summed E-state index contributed by atoms with van der Waals surface area (Å²) >= 11 is 0. The predicted molar refractivity (Wildman–Crippen MR) is 195 cm³/mol. The fourth-order valence-corrected chi connectivity index (χ4v) is 9.16. The van der Waals surface area contributed by atoms with Crippen LogP contribution in [0.25, 0.3) is 0 Å². The SMILES string of the molecule is COC(=O)O[C@H]1C(=O)[C@@]2(C)[C@H]([C@H](OC(=O)c3cccc(F)c3)[C@]3(O)C[C@H](OC(=O)[C@H](O)[C@@H](NC(=O)OC(C)(C)C)C(F)(F)F)C(C)=C1C3(C)C)[C@]1(OC(C)=O)CO[C@@H]1C[C@@H]2O. The molecule has 1 saturated heterocycles. The zero-order valence-corrected chi connectivity index (χ0v) is 34.7. The van der Waals surface area contributed by atoms with Gasteiger partial charge < -0.3 is 53.8 Å². The zero-order chi connectivity index (χ0) is 46.0. The van der Waals surface area contributed by atoms with Crippen molar-refractivity contribution in [2.75, 3.05) is 13.7 Å². The number of benzene rings is 1. The van der Waals surface area contributed by atoms with Gasteiger partial charge in [-0.2, -0.15) is 13.2 Å². The smallest absolute Gasteiger partial charge is 0.456 e. The van der Waals surface area contributed by atoms with Crippen LogP contribution < -0.4 is 5.32 Å². The minimum Gasteiger partial charge on any atom is -0.456 e. The summed E-state index contributed by atoms with van der Waals surface area (Å²) in [6, 6.07) is 0.832. The molecule has 21 heteroatoms. The highest BCUT2D eigenvalue weighted by Crippen LogP contribution is 2.64. The molecule has 5 rings (SSSR count). The number of nitrogens with one attached hydrogen (secondary N) is 1. The van der Waals surface area contributed by atoms with Gasteiger partial charge >= 0.3 is 36.3 Å². The van der Waals surface area contributed by atoms with E-state index in [0.717, 1.165) is 32.2 Å². The molecule has 3 aliphatic carbocycles. The van der Waals surface area contributed by atoms with Crippen LogP contribution in [-0.2, 0) is 47.5 Å². The summed E-state index contributed by atoms with van der Waals surface area (Å²) < 4.78 is 95.8. The molecular formula is C40H49F4NO16. The Hall–Kier alpha value is -4.86. The molecule has 4 N–H and O–H groups in total. The fraction of sp³-hybridized carbons (Fsp3) is 0.650. The maximum Gasteiger partial charge on any atom is 0.509 e. The van der Waals surface area contributed by atoms with E-state index < -0.39 is 143 Å². The molecular weight excluding hydrogens is 826 g/mol. The van der Waals surface area contributed by atoms with Crippen molar-refractivity contribution in [1.29, 1.82) is 0 Å². The highest BCUT2D eigenvalue weighted by Gasteiger charge is 2.78. The molecule has 1 aromatic rings. The number of esters is 3. The average molecular weight is 876 g/mol. The van der Waals surface area contributed by atoms with Gasteiger partial charge in [0.05, 0.1) is 36.7 Å². The second-order valence-electron chi connectivity index (χ2n) is 17.4. The molecule has 338 valence electrons. The lowest BCUT2D eigenvalue weighted by molar-refractivity contribution is -0.346. The molecule has 61 heavy (non-hydrogen) atoms. The van der Waals surface area contributed by atoms with Gasteiger partial charge in [-0.05, 0) is 64.0 Å². The molecule has 1 aliphatic heterocycles. The van der Waals surface area contributed by atoms with Crippen LogP contribution in [0, 0.1) is 22.6 Å². The second kappa shape index (κ2) is 16.1. The Bertz CT molecular complexity index is 2000. The van der Waals surface area contributed by atoms with E-state index in [-0.39, 0.29) is 17.6 Å². The van der Waals surface area contributed by atoms with Crippen molar-refractivity contribution in [1.82, 2.24) is 5.32 Å². The molecule has 11 atom stereocenters. The van der Waals surface area contributed by atoms with Gasteiger partial charge in [-0.25, -0.2) is 23.6 Å². The Morgan fingerprint density at radius 1 is 1.03 bits per heavy atom. The number of fused-ring (bicyclic) bond motifs is 5. The van der Waals surface area contributed by atoms with Gasteiger partial charge in [-0.1, -0.05) is 19.9 Å². The van der Waals surface area contributed by atoms with Crippen molar-refractivity contribution in [3.8, 4) is 0 Å². The molecule has 1 heterocycles. The summed E-state index contributed by atoms with van der Waals surface area (Å²) in [4.78, 5) is 81.3. The van der Waals surface area contributed by atoms with Crippen LogP contribution >= 0.6 is 0 Å². The van der Waals surface area contributed by atoms with Crippen LogP contribution in [0.1, 0.15) is 78.6 Å². The van der Waals surface area contributed by atoms with E-state index in [0.29, 0.717) is 0 Å². The first-order valence-electron chi connectivity index (χ1n) is 19.1. The van der Waals surface area contributed by atoms with Crippen molar-refractivity contribution in [3.05, 3.63) is 46.8 Å². The van der Waals surface area contributed by atoms with E-state index in [2.05, 4.69) is 0 Å². The van der Waals surface area contributed by atoms with E-state index in [9.17, 15) is 56.9 Å². The number of ether oxygens (including phenoxy) is 7. The van der Waals surface area contributed by atoms with Gasteiger partial charge in [0.15, 0.2) is 29.6 Å². The summed E-state index contributed by atoms with van der Waals surface area (Å²) in [5.74, 6) is -8.10. The largest absolute Gasteiger partial charge is 0.509 e. The van der Waals surface area contributed by atoms with Crippen molar-refractivity contribution < 1.29 is 94.8 Å². The third-order valence-electron chi connectivity index (χ3n) is 12.2. The molecule has 1 aromatic carbocycles. The number of rotatable bonds is 8. The number of carbonyl (C=O) groups is 6. The number of carbonyl (C=O) groups excluding carboxylic acids is 6. The lowest BCUT2D eigenvalue weighted by atomic mass is 9.44. The number of alkyl halides is 3. The number of halogens is 4. The number of alkyl carbamates (subject to hydrolysis) is 1. The Balaban J connectivity index is 1.76. The van der Waals surface area contributed by atoms with Gasteiger partial charge in [-0.3, -0.25) is 9.59 Å². The number of aliphatic hydroxyl groups excluding tert-OH is 2. The number of Topliss-reactive ketones (excluding diaryl/α,β-unsaturated/α-hetero) is 1. The summed E-state index contributed by atoms with van der Waals surface area (Å²) in [5.41, 5.74) is -11.3. The van der Waals surface area contributed by atoms with Gasteiger partial charge in [0.1, 0.15) is 35.3 Å². The van der Waals surface area contributed by atoms with Crippen LogP contribution in [0.4, 0.5) is 27.2 Å². The predicted octanol–water partition coefficient (Wildman–Crippen LogP) is 3.38. The van der Waals surface area contributed by atoms with Crippen LogP contribution in [0.15, 0.2) is 35.4 Å². The molecule has 2 saturated carbocycles. The Kier molecular flexibility index (Phi) is 12.5. The van der Waals surface area contributed by atoms with E-state index in [1.54, 1.807) is 0 Å². The zero-order valence-electron chi connectivity index (χ0n) is 34.7. The quantitative estimate of drug-likeness (QED) is 0.127. The van der Waals surface area contributed by atoms with Crippen molar-refractivity contribution >= 4 is 35.9 Å². The van der Waals surface area contributed by atoms with Gasteiger partial charge in [0, 0.05) is 25.2 Å². The first-order valence-corrected chi connectivity index (χ1v) is 19.1. The highest BCUT2D eigenvalue weighted by molar-refractivity contribution is 5.95. The monoisotopic (exact) mass is 875 g/mol. The molecule has 0 unspecified atom stereocenters. The van der Waals surface area contributed by atoms with Crippen molar-refractivity contribution in [3.63, 3.8) is 0 Å². The van der Waals surface area contributed by atoms with Gasteiger partial charge in [0.25, 0.3) is 0 Å². The number of methoxy groups -OCH3 is 1. The summed E-state index contributed by atoms with van der Waals surface area (Å²) in [7, 11) is 0.904. The molecule has 0 spiro atoms. The summed E-state index contributed by atoms with van der Waals surface area (Å²) in [5, 5.41) is 37.6. The fourth-order valence-electron chi connectivity index (χ4n) is 9.16. The topological polar surface area (TPSA) is 240 Å². The number of aliphatic hydroxyl groups is 3. The number of amides is 1. The Labute approximate surface area is 346 Å². The number of hydrogen-bond acceptors (Lipinski definition) is 16. The van der Waals surface area contributed by atoms with Crippen LogP contribution in [0.5, 0.6) is 0 Å². The molecule has 1 amide bonds. The minimum absolute atomic E-state index is 0.205. The lowest BCUT2D eigenvalue weighted by Gasteiger charge is -2.67. The summed E-state index contributed by atoms with van der Waals surface area (Å²) in [6.07, 6.45) is -22.3. The molecule has 17 nitrogen and oxygen atoms in total. The van der Waals surface area contributed by atoms with Crippen LogP contribution in [0.2, 0.25) is 0 Å². The first kappa shape index (κ1) is 47.2.